The van der Waals surface area contributed by atoms with Crippen molar-refractivity contribution in [3.05, 3.63) is 47.9 Å². The van der Waals surface area contributed by atoms with Crippen LogP contribution in [0.5, 0.6) is 5.75 Å². The van der Waals surface area contributed by atoms with Crippen molar-refractivity contribution in [3.8, 4) is 5.75 Å². The highest BCUT2D eigenvalue weighted by Crippen LogP contribution is 2.30. The maximum Gasteiger partial charge on any atom is 0.123 e. The van der Waals surface area contributed by atoms with E-state index in [1.54, 1.807) is 37.5 Å². The molecule has 1 atom stereocenters. The van der Waals surface area contributed by atoms with Gasteiger partial charge in [-0.15, -0.1) is 11.8 Å². The third kappa shape index (κ3) is 3.71. The quantitative estimate of drug-likeness (QED) is 0.829. The maximum absolute atomic E-state index is 5.46. The van der Waals surface area contributed by atoms with Gasteiger partial charge in [0.1, 0.15) is 10.8 Å². The summed E-state index contributed by atoms with van der Waals surface area (Å²) in [4.78, 5) is 8.36. The average molecular weight is 289 g/mol. The monoisotopic (exact) mass is 289 g/mol. The molecular formula is C15H19N3OS. The van der Waals surface area contributed by atoms with Crippen LogP contribution in [0.2, 0.25) is 0 Å². The van der Waals surface area contributed by atoms with E-state index in [1.165, 1.54) is 11.1 Å². The SMILES string of the molecule is CNC(CSc1cnccn1)c1cc(C)ccc1OC. The average Bonchev–Trinajstić information content (AvgIpc) is 2.49. The summed E-state index contributed by atoms with van der Waals surface area (Å²) in [6.07, 6.45) is 5.18. The van der Waals surface area contributed by atoms with Gasteiger partial charge in [0.15, 0.2) is 0 Å². The predicted molar refractivity (Wildman–Crippen MR) is 82.3 cm³/mol. The van der Waals surface area contributed by atoms with Gasteiger partial charge in [-0.25, -0.2) is 4.98 Å². The minimum absolute atomic E-state index is 0.205. The van der Waals surface area contributed by atoms with Crippen LogP contribution in [0.15, 0.2) is 41.8 Å². The highest BCUT2D eigenvalue weighted by Gasteiger charge is 2.15. The van der Waals surface area contributed by atoms with Crippen molar-refractivity contribution in [2.24, 2.45) is 0 Å². The molecule has 2 rings (SSSR count). The molecule has 1 heterocycles. The number of ether oxygens (including phenoxy) is 1. The highest BCUT2D eigenvalue weighted by molar-refractivity contribution is 7.99. The van der Waals surface area contributed by atoms with E-state index in [9.17, 15) is 0 Å². The molecule has 4 nitrogen and oxygen atoms in total. The van der Waals surface area contributed by atoms with E-state index in [0.29, 0.717) is 0 Å². The molecular weight excluding hydrogens is 270 g/mol. The van der Waals surface area contributed by atoms with Crippen molar-refractivity contribution in [2.75, 3.05) is 19.9 Å². The molecule has 0 radical (unpaired) electrons. The van der Waals surface area contributed by atoms with Crippen molar-refractivity contribution in [1.82, 2.24) is 15.3 Å². The molecule has 0 spiro atoms. The zero-order valence-electron chi connectivity index (χ0n) is 12.0. The number of methoxy groups -OCH3 is 1. The Morgan fingerprint density at radius 3 is 2.85 bits per heavy atom. The first-order valence-electron chi connectivity index (χ1n) is 6.45. The van der Waals surface area contributed by atoms with Crippen LogP contribution < -0.4 is 10.1 Å². The van der Waals surface area contributed by atoms with E-state index in [2.05, 4.69) is 34.3 Å². The van der Waals surface area contributed by atoms with Crippen LogP contribution in [0.3, 0.4) is 0 Å². The summed E-state index contributed by atoms with van der Waals surface area (Å²) in [5.41, 5.74) is 2.40. The zero-order chi connectivity index (χ0) is 14.4. The van der Waals surface area contributed by atoms with Gasteiger partial charge in [0.2, 0.25) is 0 Å². The summed E-state index contributed by atoms with van der Waals surface area (Å²) >= 11 is 1.68. The second-order valence-corrected chi connectivity index (χ2v) is 5.48. The molecule has 1 unspecified atom stereocenters. The fraction of sp³-hybridized carbons (Fsp3) is 0.333. The number of nitrogens with zero attached hydrogens (tertiary/aromatic N) is 2. The Kier molecular flexibility index (Phi) is 5.38. The molecule has 1 N–H and O–H groups in total. The number of aryl methyl sites for hydroxylation is 1. The van der Waals surface area contributed by atoms with Crippen molar-refractivity contribution in [1.29, 1.82) is 0 Å². The summed E-state index contributed by atoms with van der Waals surface area (Å²) < 4.78 is 5.46. The first kappa shape index (κ1) is 14.8. The molecule has 1 aromatic carbocycles. The molecule has 106 valence electrons. The summed E-state index contributed by atoms with van der Waals surface area (Å²) in [6.45, 7) is 2.09. The van der Waals surface area contributed by atoms with Crippen molar-refractivity contribution >= 4 is 11.8 Å². The molecule has 1 aromatic heterocycles. The minimum atomic E-state index is 0.205. The van der Waals surface area contributed by atoms with Gasteiger partial charge in [-0.1, -0.05) is 17.7 Å². The van der Waals surface area contributed by atoms with Crippen LogP contribution in [0.25, 0.3) is 0 Å². The molecule has 0 aliphatic carbocycles. The Hall–Kier alpha value is -1.59. The van der Waals surface area contributed by atoms with Gasteiger partial charge in [0.25, 0.3) is 0 Å². The molecule has 0 fully saturated rings. The number of thioether (sulfide) groups is 1. The fourth-order valence-corrected chi connectivity index (χ4v) is 2.94. The number of aromatic nitrogens is 2. The van der Waals surface area contributed by atoms with Gasteiger partial charge in [-0.3, -0.25) is 4.98 Å². The van der Waals surface area contributed by atoms with Crippen LogP contribution in [0.1, 0.15) is 17.2 Å². The van der Waals surface area contributed by atoms with Crippen molar-refractivity contribution < 1.29 is 4.74 Å². The summed E-state index contributed by atoms with van der Waals surface area (Å²) in [6, 6.07) is 6.45. The topological polar surface area (TPSA) is 47.0 Å². The lowest BCUT2D eigenvalue weighted by Crippen LogP contribution is -2.19. The van der Waals surface area contributed by atoms with Gasteiger partial charge in [-0.05, 0) is 20.0 Å². The van der Waals surface area contributed by atoms with E-state index >= 15 is 0 Å². The lowest BCUT2D eigenvalue weighted by Gasteiger charge is -2.19. The van der Waals surface area contributed by atoms with E-state index in [4.69, 9.17) is 4.74 Å². The van der Waals surface area contributed by atoms with E-state index in [0.717, 1.165) is 16.5 Å². The minimum Gasteiger partial charge on any atom is -0.496 e. The number of hydrogen-bond acceptors (Lipinski definition) is 5. The normalized spacial score (nSPS) is 12.2. The molecule has 0 bridgehead atoms. The molecule has 0 saturated heterocycles. The van der Waals surface area contributed by atoms with E-state index in [-0.39, 0.29) is 6.04 Å². The van der Waals surface area contributed by atoms with Crippen molar-refractivity contribution in [3.63, 3.8) is 0 Å². The third-order valence-electron chi connectivity index (χ3n) is 3.05. The number of nitrogens with one attached hydrogen (secondary N) is 1. The van der Waals surface area contributed by atoms with Crippen LogP contribution in [0.4, 0.5) is 0 Å². The standard InChI is InChI=1S/C15H19N3OS/c1-11-4-5-14(19-3)12(8-11)13(16-2)10-20-15-9-17-6-7-18-15/h4-9,13,16H,10H2,1-3H3. The fourth-order valence-electron chi connectivity index (χ4n) is 1.98. The molecule has 2 aromatic rings. The Labute approximate surface area is 124 Å². The molecule has 0 aliphatic heterocycles. The van der Waals surface area contributed by atoms with Gasteiger partial charge < -0.3 is 10.1 Å². The van der Waals surface area contributed by atoms with Gasteiger partial charge in [0.05, 0.1) is 13.3 Å². The number of benzene rings is 1. The van der Waals surface area contributed by atoms with Crippen molar-refractivity contribution in [2.45, 2.75) is 18.0 Å². The highest BCUT2D eigenvalue weighted by atomic mass is 32.2. The molecule has 5 heteroatoms. The molecule has 0 amide bonds. The second kappa shape index (κ2) is 7.26. The lowest BCUT2D eigenvalue weighted by molar-refractivity contribution is 0.404. The third-order valence-corrected chi connectivity index (χ3v) is 4.05. The Morgan fingerprint density at radius 1 is 1.35 bits per heavy atom. The molecule has 20 heavy (non-hydrogen) atoms. The molecule has 0 saturated carbocycles. The van der Waals surface area contributed by atoms with Crippen LogP contribution in [-0.2, 0) is 0 Å². The number of hydrogen-bond donors (Lipinski definition) is 1. The van der Waals surface area contributed by atoms with E-state index in [1.807, 2.05) is 13.1 Å². The summed E-state index contributed by atoms with van der Waals surface area (Å²) in [5.74, 6) is 1.78. The zero-order valence-corrected chi connectivity index (χ0v) is 12.8. The Morgan fingerprint density at radius 2 is 2.20 bits per heavy atom. The predicted octanol–water partition coefficient (Wildman–Crippen LogP) is 2.85. The summed E-state index contributed by atoms with van der Waals surface area (Å²) in [5, 5.41) is 4.27. The first-order valence-corrected chi connectivity index (χ1v) is 7.43. The molecule has 0 aliphatic rings. The Balaban J connectivity index is 2.14. The maximum atomic E-state index is 5.46. The second-order valence-electron chi connectivity index (χ2n) is 4.44. The van der Waals surface area contributed by atoms with Crippen LogP contribution >= 0.6 is 11.8 Å². The van der Waals surface area contributed by atoms with Gasteiger partial charge in [-0.2, -0.15) is 0 Å². The lowest BCUT2D eigenvalue weighted by atomic mass is 10.0. The van der Waals surface area contributed by atoms with Crippen LogP contribution in [-0.4, -0.2) is 29.9 Å². The van der Waals surface area contributed by atoms with Gasteiger partial charge in [0, 0.05) is 29.8 Å². The van der Waals surface area contributed by atoms with Gasteiger partial charge >= 0.3 is 0 Å². The first-order chi connectivity index (χ1) is 9.74. The largest absolute Gasteiger partial charge is 0.496 e. The Bertz CT molecular complexity index is 548. The summed E-state index contributed by atoms with van der Waals surface area (Å²) in [7, 11) is 3.67. The van der Waals surface area contributed by atoms with E-state index < -0.39 is 0 Å². The van der Waals surface area contributed by atoms with Crippen LogP contribution in [0, 0.1) is 6.92 Å². The smallest absolute Gasteiger partial charge is 0.123 e. The number of rotatable bonds is 6.